The Hall–Kier alpha value is -1.84. The third-order valence-corrected chi connectivity index (χ3v) is 3.94. The Morgan fingerprint density at radius 2 is 1.77 bits per heavy atom. The number of nitrogens with one attached hydrogen (secondary N) is 2. The van der Waals surface area contributed by atoms with Crippen LogP contribution < -0.4 is 10.6 Å². The highest BCUT2D eigenvalue weighted by molar-refractivity contribution is 5.95. The molecule has 22 heavy (non-hydrogen) atoms. The first kappa shape index (κ1) is 18.2. The quantitative estimate of drug-likeness (QED) is 0.771. The number of para-hydroxylation sites is 1. The van der Waals surface area contributed by atoms with Crippen LogP contribution in [0.1, 0.15) is 50.7 Å². The molecule has 1 atom stereocenters. The van der Waals surface area contributed by atoms with Crippen LogP contribution in [0, 0.1) is 19.8 Å². The summed E-state index contributed by atoms with van der Waals surface area (Å²) in [5.74, 6) is -0.198. The number of amides is 2. The molecule has 4 heteroatoms. The van der Waals surface area contributed by atoms with Gasteiger partial charge in [0.15, 0.2) is 0 Å². The first-order valence-electron chi connectivity index (χ1n) is 8.13. The van der Waals surface area contributed by atoms with Crippen molar-refractivity contribution in [3.8, 4) is 0 Å². The van der Waals surface area contributed by atoms with E-state index in [-0.39, 0.29) is 24.3 Å². The van der Waals surface area contributed by atoms with Crippen molar-refractivity contribution in [1.29, 1.82) is 0 Å². The summed E-state index contributed by atoms with van der Waals surface area (Å²) in [4.78, 5) is 24.1. The standard InChI is InChI=1S/C18H28N2O2/c1-5-7-11-15(6-2)18(22)19-12-16(21)20-17-13(3)9-8-10-14(17)4/h8-10,15H,5-7,11-12H2,1-4H3,(H,19,22)(H,20,21). The molecule has 0 aliphatic heterocycles. The third-order valence-electron chi connectivity index (χ3n) is 3.94. The Kier molecular flexibility index (Phi) is 7.64. The lowest BCUT2D eigenvalue weighted by atomic mass is 9.98. The molecule has 0 saturated heterocycles. The molecule has 4 nitrogen and oxygen atoms in total. The van der Waals surface area contributed by atoms with Crippen LogP contribution >= 0.6 is 0 Å². The number of carbonyl (C=O) groups excluding carboxylic acids is 2. The first-order valence-corrected chi connectivity index (χ1v) is 8.13. The number of unbranched alkanes of at least 4 members (excludes halogenated alkanes) is 1. The molecule has 0 saturated carbocycles. The molecular formula is C18H28N2O2. The van der Waals surface area contributed by atoms with Crippen molar-refractivity contribution in [2.45, 2.75) is 53.4 Å². The van der Waals surface area contributed by atoms with Gasteiger partial charge in [-0.1, -0.05) is 44.9 Å². The van der Waals surface area contributed by atoms with Crippen molar-refractivity contribution < 1.29 is 9.59 Å². The Labute approximate surface area is 133 Å². The number of carbonyl (C=O) groups is 2. The SMILES string of the molecule is CCCCC(CC)C(=O)NCC(=O)Nc1c(C)cccc1C. The second-order valence-electron chi connectivity index (χ2n) is 5.78. The molecule has 0 heterocycles. The van der Waals surface area contributed by atoms with Gasteiger partial charge in [-0.2, -0.15) is 0 Å². The lowest BCUT2D eigenvalue weighted by Gasteiger charge is -2.15. The summed E-state index contributed by atoms with van der Waals surface area (Å²) in [7, 11) is 0. The van der Waals surface area contributed by atoms with Crippen LogP contribution in [0.5, 0.6) is 0 Å². The lowest BCUT2D eigenvalue weighted by Crippen LogP contribution is -2.36. The number of hydrogen-bond donors (Lipinski definition) is 2. The van der Waals surface area contributed by atoms with E-state index in [1.165, 1.54) is 0 Å². The Morgan fingerprint density at radius 3 is 2.32 bits per heavy atom. The Balaban J connectivity index is 2.50. The average molecular weight is 304 g/mol. The summed E-state index contributed by atoms with van der Waals surface area (Å²) in [5.41, 5.74) is 2.88. The molecule has 1 rings (SSSR count). The number of aryl methyl sites for hydroxylation is 2. The average Bonchev–Trinajstić information content (AvgIpc) is 2.49. The molecule has 1 aromatic rings. The van der Waals surface area contributed by atoms with E-state index >= 15 is 0 Å². The van der Waals surface area contributed by atoms with E-state index in [1.54, 1.807) is 0 Å². The second kappa shape index (κ2) is 9.23. The molecular weight excluding hydrogens is 276 g/mol. The summed E-state index contributed by atoms with van der Waals surface area (Å²) in [5, 5.41) is 5.63. The first-order chi connectivity index (χ1) is 10.5. The molecule has 1 unspecified atom stereocenters. The van der Waals surface area contributed by atoms with E-state index in [0.717, 1.165) is 42.5 Å². The van der Waals surface area contributed by atoms with Crippen LogP contribution in [0.3, 0.4) is 0 Å². The van der Waals surface area contributed by atoms with Crippen LogP contribution in [0.25, 0.3) is 0 Å². The van der Waals surface area contributed by atoms with Gasteiger partial charge in [0, 0.05) is 11.6 Å². The van der Waals surface area contributed by atoms with E-state index in [1.807, 2.05) is 39.0 Å². The molecule has 2 amide bonds. The van der Waals surface area contributed by atoms with Crippen LogP contribution in [0.15, 0.2) is 18.2 Å². The van der Waals surface area contributed by atoms with Crippen molar-refractivity contribution in [2.24, 2.45) is 5.92 Å². The van der Waals surface area contributed by atoms with Crippen molar-refractivity contribution in [1.82, 2.24) is 5.32 Å². The summed E-state index contributed by atoms with van der Waals surface area (Å²) < 4.78 is 0. The minimum Gasteiger partial charge on any atom is -0.347 e. The van der Waals surface area contributed by atoms with Crippen LogP contribution in [0.2, 0.25) is 0 Å². The largest absolute Gasteiger partial charge is 0.347 e. The van der Waals surface area contributed by atoms with E-state index < -0.39 is 0 Å². The highest BCUT2D eigenvalue weighted by Crippen LogP contribution is 2.19. The minimum absolute atomic E-state index is 0.00736. The van der Waals surface area contributed by atoms with Gasteiger partial charge in [0.25, 0.3) is 0 Å². The molecule has 0 spiro atoms. The predicted octanol–water partition coefficient (Wildman–Crippen LogP) is 3.57. The summed E-state index contributed by atoms with van der Waals surface area (Å²) in [6.45, 7) is 8.06. The van der Waals surface area contributed by atoms with Crippen LogP contribution in [-0.4, -0.2) is 18.4 Å². The Bertz CT molecular complexity index is 492. The third kappa shape index (κ3) is 5.51. The van der Waals surface area contributed by atoms with Crippen molar-refractivity contribution in [2.75, 3.05) is 11.9 Å². The van der Waals surface area contributed by atoms with Gasteiger partial charge in [-0.25, -0.2) is 0 Å². The molecule has 0 bridgehead atoms. The molecule has 2 N–H and O–H groups in total. The van der Waals surface area contributed by atoms with E-state index in [2.05, 4.69) is 17.6 Å². The normalized spacial score (nSPS) is 11.8. The maximum Gasteiger partial charge on any atom is 0.243 e. The van der Waals surface area contributed by atoms with Gasteiger partial charge in [0.2, 0.25) is 11.8 Å². The number of rotatable bonds is 8. The number of anilines is 1. The van der Waals surface area contributed by atoms with Gasteiger partial charge in [0.1, 0.15) is 0 Å². The monoisotopic (exact) mass is 304 g/mol. The van der Waals surface area contributed by atoms with E-state index in [0.29, 0.717) is 0 Å². The van der Waals surface area contributed by atoms with Crippen LogP contribution in [-0.2, 0) is 9.59 Å². The zero-order valence-corrected chi connectivity index (χ0v) is 14.2. The van der Waals surface area contributed by atoms with Crippen molar-refractivity contribution >= 4 is 17.5 Å². The highest BCUT2D eigenvalue weighted by Gasteiger charge is 2.16. The van der Waals surface area contributed by atoms with Gasteiger partial charge in [-0.3, -0.25) is 9.59 Å². The Morgan fingerprint density at radius 1 is 1.14 bits per heavy atom. The zero-order chi connectivity index (χ0) is 16.5. The van der Waals surface area contributed by atoms with E-state index in [4.69, 9.17) is 0 Å². The van der Waals surface area contributed by atoms with Gasteiger partial charge in [-0.15, -0.1) is 0 Å². The fourth-order valence-corrected chi connectivity index (χ4v) is 2.48. The minimum atomic E-state index is -0.184. The van der Waals surface area contributed by atoms with Gasteiger partial charge in [0.05, 0.1) is 6.54 Å². The molecule has 0 fully saturated rings. The number of hydrogen-bond acceptors (Lipinski definition) is 2. The molecule has 0 aromatic heterocycles. The fourth-order valence-electron chi connectivity index (χ4n) is 2.48. The van der Waals surface area contributed by atoms with Crippen molar-refractivity contribution in [3.63, 3.8) is 0 Å². The highest BCUT2D eigenvalue weighted by atomic mass is 16.2. The zero-order valence-electron chi connectivity index (χ0n) is 14.2. The van der Waals surface area contributed by atoms with Crippen molar-refractivity contribution in [3.05, 3.63) is 29.3 Å². The van der Waals surface area contributed by atoms with Gasteiger partial charge in [-0.05, 0) is 37.8 Å². The maximum atomic E-state index is 12.1. The number of benzene rings is 1. The lowest BCUT2D eigenvalue weighted by molar-refractivity contribution is -0.127. The molecule has 0 radical (unpaired) electrons. The summed E-state index contributed by atoms with van der Waals surface area (Å²) >= 11 is 0. The topological polar surface area (TPSA) is 58.2 Å². The summed E-state index contributed by atoms with van der Waals surface area (Å²) in [6, 6.07) is 5.87. The molecule has 122 valence electrons. The fraction of sp³-hybridized carbons (Fsp3) is 0.556. The summed E-state index contributed by atoms with van der Waals surface area (Å²) in [6.07, 6.45) is 3.82. The second-order valence-corrected chi connectivity index (χ2v) is 5.78. The van der Waals surface area contributed by atoms with Gasteiger partial charge < -0.3 is 10.6 Å². The van der Waals surface area contributed by atoms with E-state index in [9.17, 15) is 9.59 Å². The molecule has 0 aliphatic rings. The maximum absolute atomic E-state index is 12.1. The molecule has 1 aromatic carbocycles. The van der Waals surface area contributed by atoms with Gasteiger partial charge >= 0.3 is 0 Å². The molecule has 0 aliphatic carbocycles. The predicted molar refractivity (Wildman–Crippen MR) is 90.9 cm³/mol. The van der Waals surface area contributed by atoms with Crippen LogP contribution in [0.4, 0.5) is 5.69 Å². The smallest absolute Gasteiger partial charge is 0.243 e.